The first-order chi connectivity index (χ1) is 13.8. The molecule has 0 unspecified atom stereocenters. The van der Waals surface area contributed by atoms with Crippen LogP contribution in [0.3, 0.4) is 0 Å². The van der Waals surface area contributed by atoms with Crippen molar-refractivity contribution in [2.45, 2.75) is 25.0 Å². The Morgan fingerprint density at radius 3 is 2.61 bits per heavy atom. The Morgan fingerprint density at radius 2 is 1.82 bits per heavy atom. The van der Waals surface area contributed by atoms with Crippen LogP contribution < -0.4 is 0 Å². The highest BCUT2D eigenvalue weighted by molar-refractivity contribution is 7.99. The molecule has 0 saturated carbocycles. The van der Waals surface area contributed by atoms with Gasteiger partial charge < -0.3 is 4.57 Å². The molecule has 2 aromatic carbocycles. The number of hydrogen-bond acceptors (Lipinski definition) is 5. The molecule has 2 aromatic heterocycles. The number of nitrogens with zero attached hydrogens (tertiary/aromatic N) is 5. The first-order valence-corrected chi connectivity index (χ1v) is 10.2. The van der Waals surface area contributed by atoms with Gasteiger partial charge in [0, 0.05) is 35.2 Å². The van der Waals surface area contributed by atoms with E-state index >= 15 is 0 Å². The predicted molar refractivity (Wildman–Crippen MR) is 113 cm³/mol. The summed E-state index contributed by atoms with van der Waals surface area (Å²) in [6, 6.07) is 22.6. The van der Waals surface area contributed by atoms with Gasteiger partial charge in [0.05, 0.1) is 17.3 Å². The first kappa shape index (κ1) is 18.2. The van der Waals surface area contributed by atoms with Gasteiger partial charge in [-0.1, -0.05) is 60.3 Å². The van der Waals surface area contributed by atoms with E-state index in [0.29, 0.717) is 12.2 Å². The van der Waals surface area contributed by atoms with Crippen LogP contribution in [0.1, 0.15) is 13.3 Å². The number of fused-ring (bicyclic) bond motifs is 1. The van der Waals surface area contributed by atoms with Gasteiger partial charge >= 0.3 is 0 Å². The van der Waals surface area contributed by atoms with E-state index in [1.54, 1.807) is 11.8 Å². The van der Waals surface area contributed by atoms with Crippen LogP contribution in [-0.2, 0) is 6.54 Å². The van der Waals surface area contributed by atoms with Gasteiger partial charge in [-0.3, -0.25) is 0 Å². The Bertz CT molecular complexity index is 1140. The topological polar surface area (TPSA) is 67.4 Å². The zero-order chi connectivity index (χ0) is 19.3. The van der Waals surface area contributed by atoms with Gasteiger partial charge in [0.25, 0.3) is 0 Å². The van der Waals surface area contributed by atoms with Crippen molar-refractivity contribution < 1.29 is 0 Å². The predicted octanol–water partition coefficient (Wildman–Crippen LogP) is 5.19. The number of para-hydroxylation sites is 1. The highest BCUT2D eigenvalue weighted by atomic mass is 32.2. The van der Waals surface area contributed by atoms with Gasteiger partial charge in [0.15, 0.2) is 11.0 Å². The third-order valence-corrected chi connectivity index (χ3v) is 5.47. The fraction of sp³-hybridized carbons (Fsp3) is 0.182. The number of pyridine rings is 1. The van der Waals surface area contributed by atoms with E-state index in [0.717, 1.165) is 45.2 Å². The molecule has 0 N–H and O–H groups in total. The number of thioether (sulfide) groups is 1. The minimum Gasteiger partial charge on any atom is -0.302 e. The molecular formula is C22H19N5S. The van der Waals surface area contributed by atoms with Crippen molar-refractivity contribution in [1.82, 2.24) is 19.7 Å². The SMILES string of the molecule is CCn1c(SCCC#N)nnc1-c1cc(-c2ccccc2)nc2ccccc12. The summed E-state index contributed by atoms with van der Waals surface area (Å²) in [4.78, 5) is 4.86. The van der Waals surface area contributed by atoms with E-state index in [2.05, 4.69) is 52.0 Å². The lowest BCUT2D eigenvalue weighted by Gasteiger charge is -2.11. The molecule has 6 heteroatoms. The lowest BCUT2D eigenvalue weighted by Crippen LogP contribution is -2.01. The van der Waals surface area contributed by atoms with Crippen molar-refractivity contribution in [2.24, 2.45) is 0 Å². The van der Waals surface area contributed by atoms with E-state index in [1.165, 1.54) is 0 Å². The zero-order valence-corrected chi connectivity index (χ0v) is 16.4. The van der Waals surface area contributed by atoms with Gasteiger partial charge in [0.1, 0.15) is 0 Å². The molecule has 28 heavy (non-hydrogen) atoms. The number of hydrogen-bond donors (Lipinski definition) is 0. The average molecular weight is 385 g/mol. The Morgan fingerprint density at radius 1 is 1.04 bits per heavy atom. The Hall–Kier alpha value is -3.17. The van der Waals surface area contributed by atoms with Gasteiger partial charge in [0.2, 0.25) is 0 Å². The second-order valence-electron chi connectivity index (χ2n) is 6.25. The first-order valence-electron chi connectivity index (χ1n) is 9.20. The third kappa shape index (κ3) is 3.49. The molecule has 0 aliphatic carbocycles. The van der Waals surface area contributed by atoms with Crippen LogP contribution in [0.25, 0.3) is 33.5 Å². The number of aromatic nitrogens is 4. The molecule has 0 saturated heterocycles. The standard InChI is InChI=1S/C22H19N5S/c1-2-27-21(25-26-22(27)28-14-8-13-23)18-15-20(16-9-4-3-5-10-16)24-19-12-7-6-11-17(18)19/h3-7,9-12,15H,2,8,14H2,1H3. The molecule has 0 spiro atoms. The van der Waals surface area contributed by atoms with Crippen LogP contribution in [0.5, 0.6) is 0 Å². The second kappa shape index (κ2) is 8.24. The number of benzene rings is 2. The Labute approximate surface area is 168 Å². The van der Waals surface area contributed by atoms with Crippen LogP contribution in [0.15, 0.2) is 65.8 Å². The van der Waals surface area contributed by atoms with Crippen molar-refractivity contribution in [3.63, 3.8) is 0 Å². The van der Waals surface area contributed by atoms with Crippen molar-refractivity contribution >= 4 is 22.7 Å². The van der Waals surface area contributed by atoms with Gasteiger partial charge in [-0.05, 0) is 19.1 Å². The van der Waals surface area contributed by atoms with Crippen LogP contribution >= 0.6 is 11.8 Å². The highest BCUT2D eigenvalue weighted by Gasteiger charge is 2.17. The van der Waals surface area contributed by atoms with E-state index < -0.39 is 0 Å². The fourth-order valence-electron chi connectivity index (χ4n) is 3.18. The molecule has 0 aliphatic rings. The lowest BCUT2D eigenvalue weighted by molar-refractivity contribution is 0.687. The van der Waals surface area contributed by atoms with Gasteiger partial charge in [-0.25, -0.2) is 4.98 Å². The molecule has 4 rings (SSSR count). The van der Waals surface area contributed by atoms with E-state index in [-0.39, 0.29) is 0 Å². The minimum atomic E-state index is 0.493. The van der Waals surface area contributed by atoms with Crippen LogP contribution in [0, 0.1) is 11.3 Å². The maximum atomic E-state index is 8.80. The molecule has 138 valence electrons. The number of nitriles is 1. The fourth-order valence-corrected chi connectivity index (χ4v) is 4.03. The maximum Gasteiger partial charge on any atom is 0.191 e. The van der Waals surface area contributed by atoms with Crippen LogP contribution in [0.4, 0.5) is 0 Å². The highest BCUT2D eigenvalue weighted by Crippen LogP contribution is 2.32. The monoisotopic (exact) mass is 385 g/mol. The summed E-state index contributed by atoms with van der Waals surface area (Å²) in [5.41, 5.74) is 3.94. The van der Waals surface area contributed by atoms with Crippen LogP contribution in [-0.4, -0.2) is 25.5 Å². The second-order valence-corrected chi connectivity index (χ2v) is 7.31. The quantitative estimate of drug-likeness (QED) is 0.338. The molecule has 0 aliphatic heterocycles. The molecule has 0 amide bonds. The summed E-state index contributed by atoms with van der Waals surface area (Å²) in [5, 5.41) is 19.6. The van der Waals surface area contributed by atoms with E-state index in [1.807, 2.05) is 36.4 Å². The Kier molecular flexibility index (Phi) is 5.36. The van der Waals surface area contributed by atoms with Crippen molar-refractivity contribution in [3.8, 4) is 28.7 Å². The third-order valence-electron chi connectivity index (χ3n) is 4.50. The summed E-state index contributed by atoms with van der Waals surface area (Å²) in [6.45, 7) is 2.84. The number of rotatable bonds is 6. The largest absolute Gasteiger partial charge is 0.302 e. The maximum absolute atomic E-state index is 8.80. The molecule has 0 fully saturated rings. The van der Waals surface area contributed by atoms with Gasteiger partial charge in [-0.15, -0.1) is 10.2 Å². The molecular weight excluding hydrogens is 366 g/mol. The summed E-state index contributed by atoms with van der Waals surface area (Å²) in [5.74, 6) is 1.54. The normalized spacial score (nSPS) is 10.9. The lowest BCUT2D eigenvalue weighted by atomic mass is 10.0. The molecule has 4 aromatic rings. The van der Waals surface area contributed by atoms with Crippen molar-refractivity contribution in [2.75, 3.05) is 5.75 Å². The Balaban J connectivity index is 1.88. The summed E-state index contributed by atoms with van der Waals surface area (Å²) in [7, 11) is 0. The van der Waals surface area contributed by atoms with Crippen LogP contribution in [0.2, 0.25) is 0 Å². The van der Waals surface area contributed by atoms with E-state index in [9.17, 15) is 0 Å². The van der Waals surface area contributed by atoms with E-state index in [4.69, 9.17) is 10.2 Å². The summed E-state index contributed by atoms with van der Waals surface area (Å²) >= 11 is 1.57. The van der Waals surface area contributed by atoms with Crippen molar-refractivity contribution in [3.05, 3.63) is 60.7 Å². The van der Waals surface area contributed by atoms with Crippen molar-refractivity contribution in [1.29, 1.82) is 5.26 Å². The zero-order valence-electron chi connectivity index (χ0n) is 15.5. The average Bonchev–Trinajstić information content (AvgIpc) is 3.16. The molecule has 2 heterocycles. The molecule has 0 bridgehead atoms. The molecule has 0 radical (unpaired) electrons. The summed E-state index contributed by atoms with van der Waals surface area (Å²) in [6.07, 6.45) is 0.493. The minimum absolute atomic E-state index is 0.493. The smallest absolute Gasteiger partial charge is 0.191 e. The van der Waals surface area contributed by atoms with Gasteiger partial charge in [-0.2, -0.15) is 5.26 Å². The summed E-state index contributed by atoms with van der Waals surface area (Å²) < 4.78 is 2.11. The molecule has 5 nitrogen and oxygen atoms in total. The molecule has 0 atom stereocenters.